The van der Waals surface area contributed by atoms with Crippen molar-refractivity contribution in [3.8, 4) is 45.0 Å². The molecule has 0 fully saturated rings. The molecular weight excluding hydrogens is 629 g/mol. The molecule has 2 heteroatoms. The van der Waals surface area contributed by atoms with E-state index in [-0.39, 0.29) is 0 Å². The van der Waals surface area contributed by atoms with Gasteiger partial charge >= 0.3 is 0 Å². The summed E-state index contributed by atoms with van der Waals surface area (Å²) in [5, 5.41) is 14.6. The van der Waals surface area contributed by atoms with Gasteiger partial charge in [-0.15, -0.1) is 0 Å². The zero-order valence-corrected chi connectivity index (χ0v) is 28.2. The molecule has 2 heterocycles. The Morgan fingerprint density at radius 1 is 0.250 bits per heavy atom. The second-order valence-corrected chi connectivity index (χ2v) is 13.6. The van der Waals surface area contributed by atoms with Crippen molar-refractivity contribution in [2.45, 2.75) is 0 Å². The van der Waals surface area contributed by atoms with Crippen LogP contribution in [0.15, 0.2) is 182 Å². The minimum Gasteiger partial charge on any atom is -0.247 e. The molecular formula is C50H30N2. The zero-order valence-electron chi connectivity index (χ0n) is 28.2. The number of benzene rings is 9. The molecule has 0 N–H and O–H groups in total. The van der Waals surface area contributed by atoms with Gasteiger partial charge in [0.05, 0.1) is 22.8 Å². The molecule has 0 aliphatic rings. The first-order chi connectivity index (χ1) is 25.8. The minimum atomic E-state index is 0.965. The van der Waals surface area contributed by atoms with Crippen LogP contribution < -0.4 is 0 Å². The standard InChI is InChI=1S/C50H30N2/c1-5-16-31(17-6-1)43-30-40-41(49(51-43)33-20-9-3-10-21-33)29-39-36-25-14-13-24-35(36)28-42-46(39)45(40)37-26-15-27-38-44(37)47(42)50(34-22-11-4-12-23-34)52-48(38)32-18-7-2-8-19-32/h1-30H. The van der Waals surface area contributed by atoms with Gasteiger partial charge in [0.2, 0.25) is 0 Å². The van der Waals surface area contributed by atoms with Crippen molar-refractivity contribution in [2.24, 2.45) is 0 Å². The Balaban J connectivity index is 1.45. The van der Waals surface area contributed by atoms with E-state index in [1.165, 1.54) is 53.9 Å². The maximum Gasteiger partial charge on any atom is 0.0794 e. The lowest BCUT2D eigenvalue weighted by Crippen LogP contribution is -1.98. The van der Waals surface area contributed by atoms with Crippen LogP contribution in [0.5, 0.6) is 0 Å². The molecule has 11 aromatic rings. The molecule has 52 heavy (non-hydrogen) atoms. The molecule has 0 radical (unpaired) electrons. The van der Waals surface area contributed by atoms with Gasteiger partial charge in [-0.2, -0.15) is 0 Å². The third kappa shape index (κ3) is 4.25. The third-order valence-electron chi connectivity index (χ3n) is 10.7. The fraction of sp³-hybridized carbons (Fsp3) is 0. The fourth-order valence-electron chi connectivity index (χ4n) is 8.49. The highest BCUT2D eigenvalue weighted by atomic mass is 14.7. The Labute approximate surface area is 300 Å². The highest BCUT2D eigenvalue weighted by Crippen LogP contribution is 2.50. The Bertz CT molecular complexity index is 3140. The van der Waals surface area contributed by atoms with Crippen LogP contribution in [0.2, 0.25) is 0 Å². The van der Waals surface area contributed by atoms with E-state index in [9.17, 15) is 0 Å². The van der Waals surface area contributed by atoms with Crippen molar-refractivity contribution in [3.63, 3.8) is 0 Å². The van der Waals surface area contributed by atoms with E-state index in [1.54, 1.807) is 0 Å². The summed E-state index contributed by atoms with van der Waals surface area (Å²) in [5.41, 5.74) is 8.39. The van der Waals surface area contributed by atoms with Crippen molar-refractivity contribution in [3.05, 3.63) is 182 Å². The zero-order chi connectivity index (χ0) is 34.2. The molecule has 0 spiro atoms. The van der Waals surface area contributed by atoms with Gasteiger partial charge in [-0.05, 0) is 61.3 Å². The lowest BCUT2D eigenvalue weighted by Gasteiger charge is -2.22. The van der Waals surface area contributed by atoms with Crippen LogP contribution in [0.4, 0.5) is 0 Å². The predicted octanol–water partition coefficient (Wildman–Crippen LogP) is 13.5. The number of nitrogens with zero attached hydrogens (tertiary/aromatic N) is 2. The number of hydrogen-bond acceptors (Lipinski definition) is 2. The van der Waals surface area contributed by atoms with Gasteiger partial charge in [-0.1, -0.05) is 164 Å². The van der Waals surface area contributed by atoms with Crippen LogP contribution in [0, 0.1) is 0 Å². The van der Waals surface area contributed by atoms with Gasteiger partial charge < -0.3 is 0 Å². The molecule has 0 unspecified atom stereocenters. The maximum absolute atomic E-state index is 5.59. The predicted molar refractivity (Wildman–Crippen MR) is 220 cm³/mol. The lowest BCUT2D eigenvalue weighted by molar-refractivity contribution is 1.35. The van der Waals surface area contributed by atoms with Gasteiger partial charge in [-0.3, -0.25) is 0 Å². The molecule has 0 saturated carbocycles. The van der Waals surface area contributed by atoms with Crippen molar-refractivity contribution in [1.29, 1.82) is 0 Å². The van der Waals surface area contributed by atoms with Gasteiger partial charge in [0, 0.05) is 43.8 Å². The molecule has 0 atom stereocenters. The Kier molecular flexibility index (Phi) is 6.28. The summed E-state index contributed by atoms with van der Waals surface area (Å²) in [6.07, 6.45) is 0. The molecule has 2 aromatic heterocycles. The minimum absolute atomic E-state index is 0.965. The highest BCUT2D eigenvalue weighted by Gasteiger charge is 2.24. The molecule has 2 nitrogen and oxygen atoms in total. The number of aromatic nitrogens is 2. The SMILES string of the molecule is c1ccc(-c2cc3c(cc4c5ccccc5cc5c6c(-c7ccccc7)nc(-c7ccccc7)c7cccc(c76)c3c45)c(-c3ccccc3)n2)cc1. The number of pyridine rings is 2. The molecule has 0 aliphatic carbocycles. The number of fused-ring (bicyclic) bond motifs is 6. The van der Waals surface area contributed by atoms with Gasteiger partial charge in [-0.25, -0.2) is 9.97 Å². The summed E-state index contributed by atoms with van der Waals surface area (Å²) in [6.45, 7) is 0. The summed E-state index contributed by atoms with van der Waals surface area (Å²) in [7, 11) is 0. The molecule has 0 bridgehead atoms. The van der Waals surface area contributed by atoms with Crippen LogP contribution in [0.25, 0.3) is 110 Å². The summed E-state index contributed by atoms with van der Waals surface area (Å²) in [4.78, 5) is 11.0. The fourth-order valence-corrected chi connectivity index (χ4v) is 8.49. The summed E-state index contributed by atoms with van der Waals surface area (Å²) >= 11 is 0. The van der Waals surface area contributed by atoms with E-state index in [1.807, 2.05) is 0 Å². The van der Waals surface area contributed by atoms with Crippen LogP contribution in [0.3, 0.4) is 0 Å². The van der Waals surface area contributed by atoms with Gasteiger partial charge in [0.25, 0.3) is 0 Å². The van der Waals surface area contributed by atoms with E-state index in [2.05, 4.69) is 182 Å². The molecule has 0 aliphatic heterocycles. The average Bonchev–Trinajstić information content (AvgIpc) is 3.22. The molecule has 9 aromatic carbocycles. The summed E-state index contributed by atoms with van der Waals surface area (Å²) < 4.78 is 0. The maximum atomic E-state index is 5.59. The Hall–Kier alpha value is -6.90. The number of hydrogen-bond donors (Lipinski definition) is 0. The van der Waals surface area contributed by atoms with Crippen molar-refractivity contribution in [2.75, 3.05) is 0 Å². The van der Waals surface area contributed by atoms with Gasteiger partial charge in [0.15, 0.2) is 0 Å². The highest BCUT2D eigenvalue weighted by molar-refractivity contribution is 6.43. The van der Waals surface area contributed by atoms with E-state index < -0.39 is 0 Å². The van der Waals surface area contributed by atoms with Crippen molar-refractivity contribution >= 4 is 64.6 Å². The second-order valence-electron chi connectivity index (χ2n) is 13.6. The summed E-state index contributed by atoms with van der Waals surface area (Å²) in [6, 6.07) is 65.3. The van der Waals surface area contributed by atoms with Crippen LogP contribution in [-0.4, -0.2) is 9.97 Å². The Morgan fingerprint density at radius 2 is 0.731 bits per heavy atom. The molecule has 0 amide bonds. The first-order valence-electron chi connectivity index (χ1n) is 17.8. The molecule has 0 saturated heterocycles. The van der Waals surface area contributed by atoms with Crippen molar-refractivity contribution < 1.29 is 0 Å². The van der Waals surface area contributed by atoms with E-state index in [0.717, 1.165) is 55.8 Å². The third-order valence-corrected chi connectivity index (χ3v) is 10.7. The smallest absolute Gasteiger partial charge is 0.0794 e. The van der Waals surface area contributed by atoms with E-state index in [0.29, 0.717) is 0 Å². The first-order valence-corrected chi connectivity index (χ1v) is 17.8. The normalized spacial score (nSPS) is 11.8. The second kappa shape index (κ2) is 11.3. The number of rotatable bonds is 4. The lowest BCUT2D eigenvalue weighted by atomic mass is 9.83. The van der Waals surface area contributed by atoms with E-state index >= 15 is 0 Å². The topological polar surface area (TPSA) is 25.8 Å². The van der Waals surface area contributed by atoms with Gasteiger partial charge in [0.1, 0.15) is 0 Å². The largest absolute Gasteiger partial charge is 0.247 e. The van der Waals surface area contributed by atoms with Crippen molar-refractivity contribution in [1.82, 2.24) is 9.97 Å². The monoisotopic (exact) mass is 658 g/mol. The van der Waals surface area contributed by atoms with E-state index in [4.69, 9.17) is 9.97 Å². The van der Waals surface area contributed by atoms with Crippen LogP contribution in [0.1, 0.15) is 0 Å². The summed E-state index contributed by atoms with van der Waals surface area (Å²) in [5.74, 6) is 0. The molecule has 11 rings (SSSR count). The quantitative estimate of drug-likeness (QED) is 0.139. The van der Waals surface area contributed by atoms with Crippen LogP contribution in [-0.2, 0) is 0 Å². The first kappa shape index (κ1) is 28.9. The average molecular weight is 659 g/mol. The molecule has 240 valence electrons. The van der Waals surface area contributed by atoms with Crippen LogP contribution >= 0.6 is 0 Å². The Morgan fingerprint density at radius 3 is 1.40 bits per heavy atom.